The van der Waals surface area contributed by atoms with Gasteiger partial charge in [-0.15, -0.1) is 0 Å². The molecule has 98 valence electrons. The fourth-order valence-electron chi connectivity index (χ4n) is 2.46. The highest BCUT2D eigenvalue weighted by Crippen LogP contribution is 2.27. The largest absolute Gasteiger partial charge is 0.469 e. The first-order valence-corrected chi connectivity index (χ1v) is 6.30. The van der Waals surface area contributed by atoms with E-state index in [2.05, 4.69) is 5.32 Å². The van der Waals surface area contributed by atoms with Crippen LogP contribution in [0.4, 0.5) is 0 Å². The standard InChI is InChI=1S/C15H15NO3/c1-9-12(5-7-19-9)14(17)11-3-2-10-4-6-16-15(18)13(10)8-11/h2-3,5,7-8,14,17H,4,6H2,1H3,(H,16,18). The number of rotatable bonds is 2. The first kappa shape index (κ1) is 12.0. The Morgan fingerprint density at radius 1 is 1.37 bits per heavy atom. The number of aliphatic hydroxyl groups excluding tert-OH is 1. The zero-order valence-electron chi connectivity index (χ0n) is 10.6. The second kappa shape index (κ2) is 4.55. The molecule has 0 aliphatic carbocycles. The maximum Gasteiger partial charge on any atom is 0.251 e. The average Bonchev–Trinajstić information content (AvgIpc) is 2.84. The van der Waals surface area contributed by atoms with Crippen LogP contribution in [0.5, 0.6) is 0 Å². The fourth-order valence-corrected chi connectivity index (χ4v) is 2.46. The first-order valence-electron chi connectivity index (χ1n) is 6.30. The van der Waals surface area contributed by atoms with Crippen LogP contribution >= 0.6 is 0 Å². The lowest BCUT2D eigenvalue weighted by molar-refractivity contribution is 0.0945. The van der Waals surface area contributed by atoms with Gasteiger partial charge in [0.2, 0.25) is 0 Å². The van der Waals surface area contributed by atoms with Crippen LogP contribution in [0.15, 0.2) is 34.9 Å². The summed E-state index contributed by atoms with van der Waals surface area (Å²) >= 11 is 0. The number of aliphatic hydroxyl groups is 1. The Bertz CT molecular complexity index is 630. The van der Waals surface area contributed by atoms with Gasteiger partial charge in [0.15, 0.2) is 0 Å². The molecule has 1 amide bonds. The molecule has 19 heavy (non-hydrogen) atoms. The Morgan fingerprint density at radius 3 is 2.95 bits per heavy atom. The predicted molar refractivity (Wildman–Crippen MR) is 70.0 cm³/mol. The van der Waals surface area contributed by atoms with E-state index in [1.54, 1.807) is 18.4 Å². The van der Waals surface area contributed by atoms with Crippen LogP contribution in [0.1, 0.15) is 38.9 Å². The first-order chi connectivity index (χ1) is 9.16. The van der Waals surface area contributed by atoms with E-state index in [-0.39, 0.29) is 5.91 Å². The minimum absolute atomic E-state index is 0.0702. The molecule has 4 heteroatoms. The second-order valence-electron chi connectivity index (χ2n) is 4.76. The number of fused-ring (bicyclic) bond motifs is 1. The maximum atomic E-state index is 11.8. The number of carbonyl (C=O) groups is 1. The molecular formula is C15H15NO3. The number of benzene rings is 1. The molecular weight excluding hydrogens is 242 g/mol. The van der Waals surface area contributed by atoms with Crippen molar-refractivity contribution < 1.29 is 14.3 Å². The monoisotopic (exact) mass is 257 g/mol. The summed E-state index contributed by atoms with van der Waals surface area (Å²) in [6, 6.07) is 7.30. The van der Waals surface area contributed by atoms with Crippen LogP contribution in [-0.2, 0) is 6.42 Å². The average molecular weight is 257 g/mol. The third-order valence-electron chi connectivity index (χ3n) is 3.57. The summed E-state index contributed by atoms with van der Waals surface area (Å²) < 4.78 is 5.20. The van der Waals surface area contributed by atoms with Gasteiger partial charge in [-0.25, -0.2) is 0 Å². The Morgan fingerprint density at radius 2 is 2.21 bits per heavy atom. The molecule has 1 atom stereocenters. The Hall–Kier alpha value is -2.07. The van der Waals surface area contributed by atoms with Gasteiger partial charge in [-0.1, -0.05) is 12.1 Å². The Kier molecular flexibility index (Phi) is 2.87. The Balaban J connectivity index is 2.00. The van der Waals surface area contributed by atoms with Gasteiger partial charge in [-0.05, 0) is 36.6 Å². The number of hydrogen-bond acceptors (Lipinski definition) is 3. The molecule has 0 fully saturated rings. The molecule has 0 bridgehead atoms. The van der Waals surface area contributed by atoms with Crippen LogP contribution < -0.4 is 5.32 Å². The van der Waals surface area contributed by atoms with Gasteiger partial charge in [0.25, 0.3) is 5.91 Å². The normalized spacial score (nSPS) is 15.8. The highest BCUT2D eigenvalue weighted by molar-refractivity contribution is 5.96. The SMILES string of the molecule is Cc1occc1C(O)c1ccc2c(c1)C(=O)NCC2. The van der Waals surface area contributed by atoms with Gasteiger partial charge in [0.05, 0.1) is 6.26 Å². The van der Waals surface area contributed by atoms with Crippen molar-refractivity contribution in [2.45, 2.75) is 19.4 Å². The lowest BCUT2D eigenvalue weighted by atomic mass is 9.94. The van der Waals surface area contributed by atoms with Crippen molar-refractivity contribution in [2.75, 3.05) is 6.54 Å². The summed E-state index contributed by atoms with van der Waals surface area (Å²) in [4.78, 5) is 11.8. The van der Waals surface area contributed by atoms with Crippen molar-refractivity contribution >= 4 is 5.91 Å². The molecule has 1 unspecified atom stereocenters. The minimum atomic E-state index is -0.765. The molecule has 4 nitrogen and oxygen atoms in total. The summed E-state index contributed by atoms with van der Waals surface area (Å²) in [6.45, 7) is 2.48. The van der Waals surface area contributed by atoms with Crippen molar-refractivity contribution in [3.8, 4) is 0 Å². The van der Waals surface area contributed by atoms with Crippen molar-refractivity contribution in [2.24, 2.45) is 0 Å². The molecule has 3 rings (SSSR count). The van der Waals surface area contributed by atoms with E-state index in [4.69, 9.17) is 4.42 Å². The highest BCUT2D eigenvalue weighted by Gasteiger charge is 2.20. The smallest absolute Gasteiger partial charge is 0.251 e. The van der Waals surface area contributed by atoms with E-state index >= 15 is 0 Å². The van der Waals surface area contributed by atoms with E-state index in [9.17, 15) is 9.90 Å². The molecule has 2 heterocycles. The van der Waals surface area contributed by atoms with Crippen LogP contribution in [0.3, 0.4) is 0 Å². The molecule has 2 N–H and O–H groups in total. The van der Waals surface area contributed by atoms with E-state index in [1.165, 1.54) is 0 Å². The van der Waals surface area contributed by atoms with E-state index < -0.39 is 6.10 Å². The summed E-state index contributed by atoms with van der Waals surface area (Å²) in [5.74, 6) is 0.619. The fraction of sp³-hybridized carbons (Fsp3) is 0.267. The number of aryl methyl sites for hydroxylation is 1. The molecule has 0 radical (unpaired) electrons. The zero-order chi connectivity index (χ0) is 13.4. The van der Waals surface area contributed by atoms with E-state index in [0.717, 1.165) is 17.5 Å². The quantitative estimate of drug-likeness (QED) is 0.864. The van der Waals surface area contributed by atoms with Gasteiger partial charge in [-0.2, -0.15) is 0 Å². The highest BCUT2D eigenvalue weighted by atomic mass is 16.3. The van der Waals surface area contributed by atoms with E-state index in [1.807, 2.05) is 19.1 Å². The van der Waals surface area contributed by atoms with Crippen LogP contribution in [0, 0.1) is 6.92 Å². The van der Waals surface area contributed by atoms with E-state index in [0.29, 0.717) is 23.4 Å². The molecule has 1 aliphatic heterocycles. The zero-order valence-corrected chi connectivity index (χ0v) is 10.6. The van der Waals surface area contributed by atoms with Crippen molar-refractivity contribution in [3.05, 3.63) is 58.5 Å². The lowest BCUT2D eigenvalue weighted by Gasteiger charge is -2.18. The minimum Gasteiger partial charge on any atom is -0.469 e. The molecule has 1 aromatic carbocycles. The van der Waals surface area contributed by atoms with Gasteiger partial charge < -0.3 is 14.8 Å². The number of nitrogens with one attached hydrogen (secondary N) is 1. The molecule has 0 saturated heterocycles. The molecule has 0 saturated carbocycles. The van der Waals surface area contributed by atoms with Crippen LogP contribution in [-0.4, -0.2) is 17.6 Å². The topological polar surface area (TPSA) is 62.5 Å². The number of amides is 1. The molecule has 1 aromatic heterocycles. The lowest BCUT2D eigenvalue weighted by Crippen LogP contribution is -2.31. The number of carbonyl (C=O) groups excluding carboxylic acids is 1. The summed E-state index contributed by atoms with van der Waals surface area (Å²) in [7, 11) is 0. The van der Waals surface area contributed by atoms with Crippen LogP contribution in [0.2, 0.25) is 0 Å². The summed E-state index contributed by atoms with van der Waals surface area (Å²) in [5.41, 5.74) is 3.13. The molecule has 0 spiro atoms. The van der Waals surface area contributed by atoms with Gasteiger partial charge >= 0.3 is 0 Å². The number of furan rings is 1. The van der Waals surface area contributed by atoms with Gasteiger partial charge in [-0.3, -0.25) is 4.79 Å². The molecule has 2 aromatic rings. The van der Waals surface area contributed by atoms with Gasteiger partial charge in [0.1, 0.15) is 11.9 Å². The van der Waals surface area contributed by atoms with Crippen molar-refractivity contribution in [3.63, 3.8) is 0 Å². The third-order valence-corrected chi connectivity index (χ3v) is 3.57. The van der Waals surface area contributed by atoms with Crippen LogP contribution in [0.25, 0.3) is 0 Å². The van der Waals surface area contributed by atoms with Crippen molar-refractivity contribution in [1.29, 1.82) is 0 Å². The summed E-state index contributed by atoms with van der Waals surface area (Å²) in [5, 5.41) is 13.2. The van der Waals surface area contributed by atoms with Crippen molar-refractivity contribution in [1.82, 2.24) is 5.32 Å². The second-order valence-corrected chi connectivity index (χ2v) is 4.76. The number of hydrogen-bond donors (Lipinski definition) is 2. The molecule has 1 aliphatic rings. The predicted octanol–water partition coefficient (Wildman–Crippen LogP) is 1.96. The summed E-state index contributed by atoms with van der Waals surface area (Å²) in [6.07, 6.45) is 1.63. The maximum absolute atomic E-state index is 11.8. The van der Waals surface area contributed by atoms with Gasteiger partial charge in [0, 0.05) is 17.7 Å². The Labute approximate surface area is 111 Å². The third kappa shape index (κ3) is 2.04.